The summed E-state index contributed by atoms with van der Waals surface area (Å²) in [5.41, 5.74) is 1.35. The predicted molar refractivity (Wildman–Crippen MR) is 57.2 cm³/mol. The first-order valence-electron chi connectivity index (χ1n) is 4.97. The molecule has 0 saturated heterocycles. The van der Waals surface area contributed by atoms with Crippen LogP contribution in [0.1, 0.15) is 40.0 Å². The highest BCUT2D eigenvalue weighted by Crippen LogP contribution is 2.25. The van der Waals surface area contributed by atoms with Crippen LogP contribution in [-0.2, 0) is 0 Å². The zero-order valence-corrected chi connectivity index (χ0v) is 8.77. The average Bonchev–Trinajstić information content (AvgIpc) is 2.06. The van der Waals surface area contributed by atoms with Crippen molar-refractivity contribution in [2.75, 3.05) is 0 Å². The molecule has 2 atom stereocenters. The van der Waals surface area contributed by atoms with Gasteiger partial charge in [-0.15, -0.1) is 6.58 Å². The van der Waals surface area contributed by atoms with Crippen LogP contribution < -0.4 is 0 Å². The summed E-state index contributed by atoms with van der Waals surface area (Å²) in [6.45, 7) is 14.7. The fourth-order valence-corrected chi connectivity index (χ4v) is 1.54. The van der Waals surface area contributed by atoms with Crippen LogP contribution in [0.3, 0.4) is 0 Å². The molecule has 0 saturated carbocycles. The van der Waals surface area contributed by atoms with Gasteiger partial charge in [-0.2, -0.15) is 0 Å². The van der Waals surface area contributed by atoms with Crippen molar-refractivity contribution in [3.05, 3.63) is 24.8 Å². The SMILES string of the molecule is C=CC(C(=C)CCC)C(C)CC. The van der Waals surface area contributed by atoms with E-state index in [1.54, 1.807) is 0 Å². The van der Waals surface area contributed by atoms with Crippen LogP contribution in [0.25, 0.3) is 0 Å². The average molecular weight is 166 g/mol. The molecule has 0 aliphatic heterocycles. The first-order valence-corrected chi connectivity index (χ1v) is 4.97. The minimum absolute atomic E-state index is 0.523. The maximum Gasteiger partial charge on any atom is -0.000309 e. The lowest BCUT2D eigenvalue weighted by Gasteiger charge is -2.21. The molecular formula is C12H22. The summed E-state index contributed by atoms with van der Waals surface area (Å²) in [5.74, 6) is 1.22. The van der Waals surface area contributed by atoms with Gasteiger partial charge in [0.1, 0.15) is 0 Å². The van der Waals surface area contributed by atoms with Gasteiger partial charge in [0, 0.05) is 0 Å². The summed E-state index contributed by atoms with van der Waals surface area (Å²) in [6, 6.07) is 0. The van der Waals surface area contributed by atoms with Gasteiger partial charge < -0.3 is 0 Å². The van der Waals surface area contributed by atoms with Crippen molar-refractivity contribution in [2.24, 2.45) is 11.8 Å². The second-order valence-corrected chi connectivity index (χ2v) is 3.56. The van der Waals surface area contributed by atoms with E-state index in [0.717, 1.165) is 6.42 Å². The summed E-state index contributed by atoms with van der Waals surface area (Å²) in [6.07, 6.45) is 5.59. The van der Waals surface area contributed by atoms with Crippen molar-refractivity contribution in [3.63, 3.8) is 0 Å². The molecule has 0 spiro atoms. The normalized spacial score (nSPS) is 15.2. The Hall–Kier alpha value is -0.520. The zero-order valence-electron chi connectivity index (χ0n) is 8.77. The van der Waals surface area contributed by atoms with Crippen LogP contribution in [0, 0.1) is 11.8 Å². The molecule has 0 aliphatic rings. The molecule has 0 amide bonds. The summed E-state index contributed by atoms with van der Waals surface area (Å²) >= 11 is 0. The first-order chi connectivity index (χ1) is 5.67. The van der Waals surface area contributed by atoms with Crippen molar-refractivity contribution in [1.82, 2.24) is 0 Å². The van der Waals surface area contributed by atoms with Gasteiger partial charge in [-0.05, 0) is 18.3 Å². The highest BCUT2D eigenvalue weighted by molar-refractivity contribution is 5.08. The van der Waals surface area contributed by atoms with E-state index in [-0.39, 0.29) is 0 Å². The van der Waals surface area contributed by atoms with Crippen molar-refractivity contribution < 1.29 is 0 Å². The Kier molecular flexibility index (Phi) is 5.79. The molecule has 0 aromatic carbocycles. The lowest BCUT2D eigenvalue weighted by molar-refractivity contribution is 0.455. The monoisotopic (exact) mass is 166 g/mol. The molecule has 0 rings (SSSR count). The molecular weight excluding hydrogens is 144 g/mol. The van der Waals surface area contributed by atoms with Crippen LogP contribution in [0.4, 0.5) is 0 Å². The standard InChI is InChI=1S/C12H22/c1-6-9-11(5)12(8-3)10(4)7-2/h8,10,12H,3,5-7,9H2,1-2,4H3. The van der Waals surface area contributed by atoms with E-state index in [4.69, 9.17) is 0 Å². The Morgan fingerprint density at radius 1 is 1.42 bits per heavy atom. The van der Waals surface area contributed by atoms with E-state index in [0.29, 0.717) is 11.8 Å². The van der Waals surface area contributed by atoms with E-state index in [2.05, 4.69) is 33.9 Å². The third kappa shape index (κ3) is 3.25. The summed E-state index contributed by atoms with van der Waals surface area (Å²) in [4.78, 5) is 0. The molecule has 0 N–H and O–H groups in total. The van der Waals surface area contributed by atoms with Gasteiger partial charge in [-0.1, -0.05) is 51.8 Å². The maximum absolute atomic E-state index is 4.11. The van der Waals surface area contributed by atoms with Crippen molar-refractivity contribution in [1.29, 1.82) is 0 Å². The molecule has 0 heteroatoms. The number of hydrogen-bond acceptors (Lipinski definition) is 0. The third-order valence-electron chi connectivity index (χ3n) is 2.55. The highest BCUT2D eigenvalue weighted by Gasteiger charge is 2.14. The van der Waals surface area contributed by atoms with Crippen LogP contribution >= 0.6 is 0 Å². The topological polar surface area (TPSA) is 0 Å². The van der Waals surface area contributed by atoms with E-state index >= 15 is 0 Å². The minimum atomic E-state index is 0.523. The van der Waals surface area contributed by atoms with Gasteiger partial charge in [-0.25, -0.2) is 0 Å². The molecule has 0 fully saturated rings. The van der Waals surface area contributed by atoms with E-state index in [1.807, 2.05) is 6.08 Å². The van der Waals surface area contributed by atoms with Crippen LogP contribution in [0.2, 0.25) is 0 Å². The Morgan fingerprint density at radius 3 is 2.33 bits per heavy atom. The van der Waals surface area contributed by atoms with Crippen LogP contribution in [0.5, 0.6) is 0 Å². The van der Waals surface area contributed by atoms with Gasteiger partial charge in [0.25, 0.3) is 0 Å². The van der Waals surface area contributed by atoms with Crippen LogP contribution in [0.15, 0.2) is 24.8 Å². The highest BCUT2D eigenvalue weighted by atomic mass is 14.2. The maximum atomic E-state index is 4.11. The quantitative estimate of drug-likeness (QED) is 0.519. The number of rotatable bonds is 6. The zero-order chi connectivity index (χ0) is 9.56. The predicted octanol–water partition coefficient (Wildman–Crippen LogP) is 4.19. The Balaban J connectivity index is 4.13. The van der Waals surface area contributed by atoms with E-state index < -0.39 is 0 Å². The second kappa shape index (κ2) is 6.05. The fraction of sp³-hybridized carbons (Fsp3) is 0.667. The molecule has 70 valence electrons. The van der Waals surface area contributed by atoms with E-state index in [9.17, 15) is 0 Å². The molecule has 2 unspecified atom stereocenters. The Labute approximate surface area is 77.4 Å². The summed E-state index contributed by atoms with van der Waals surface area (Å²) < 4.78 is 0. The lowest BCUT2D eigenvalue weighted by Crippen LogP contribution is -2.10. The molecule has 12 heavy (non-hydrogen) atoms. The van der Waals surface area contributed by atoms with Crippen LogP contribution in [-0.4, -0.2) is 0 Å². The van der Waals surface area contributed by atoms with Gasteiger partial charge in [-0.3, -0.25) is 0 Å². The third-order valence-corrected chi connectivity index (χ3v) is 2.55. The molecule has 0 aliphatic carbocycles. The minimum Gasteiger partial charge on any atom is -0.102 e. The van der Waals surface area contributed by atoms with Gasteiger partial charge in [0.2, 0.25) is 0 Å². The molecule has 0 aromatic heterocycles. The van der Waals surface area contributed by atoms with Gasteiger partial charge >= 0.3 is 0 Å². The Bertz CT molecular complexity index is 144. The van der Waals surface area contributed by atoms with Crippen molar-refractivity contribution in [2.45, 2.75) is 40.0 Å². The smallest absolute Gasteiger partial charge is 0.000309 e. The Morgan fingerprint density at radius 2 is 2.00 bits per heavy atom. The van der Waals surface area contributed by atoms with Gasteiger partial charge in [0.05, 0.1) is 0 Å². The van der Waals surface area contributed by atoms with Gasteiger partial charge in [0.15, 0.2) is 0 Å². The summed E-state index contributed by atoms with van der Waals surface area (Å²) in [7, 11) is 0. The molecule has 0 radical (unpaired) electrons. The first kappa shape index (κ1) is 11.5. The molecule has 0 bridgehead atoms. The fourth-order valence-electron chi connectivity index (χ4n) is 1.54. The molecule has 0 aromatic rings. The number of allylic oxidation sites excluding steroid dienone is 2. The van der Waals surface area contributed by atoms with Crippen molar-refractivity contribution >= 4 is 0 Å². The number of hydrogen-bond donors (Lipinski definition) is 0. The second-order valence-electron chi connectivity index (χ2n) is 3.56. The molecule has 0 nitrogen and oxygen atoms in total. The lowest BCUT2D eigenvalue weighted by atomic mass is 9.84. The van der Waals surface area contributed by atoms with Crippen molar-refractivity contribution in [3.8, 4) is 0 Å². The van der Waals surface area contributed by atoms with E-state index in [1.165, 1.54) is 18.4 Å². The summed E-state index contributed by atoms with van der Waals surface area (Å²) in [5, 5.41) is 0. The molecule has 0 heterocycles. The largest absolute Gasteiger partial charge is 0.102 e.